The average molecular weight is 278 g/mol. The van der Waals surface area contributed by atoms with Gasteiger partial charge in [-0.15, -0.1) is 17.9 Å². The number of hydrogen-bond donors (Lipinski definition) is 0. The first-order chi connectivity index (χ1) is 8.72. The molecule has 5 heteroatoms. The van der Waals surface area contributed by atoms with Crippen molar-refractivity contribution in [3.63, 3.8) is 0 Å². The number of aromatic nitrogens is 2. The molecule has 1 aliphatic rings. The van der Waals surface area contributed by atoms with Gasteiger partial charge in [0.25, 0.3) is 5.56 Å². The first-order valence-corrected chi connectivity index (χ1v) is 7.77. The smallest absolute Gasteiger partial charge is 0.283 e. The van der Waals surface area contributed by atoms with Crippen LogP contribution in [0.4, 0.5) is 0 Å². The van der Waals surface area contributed by atoms with Crippen molar-refractivity contribution in [1.82, 2.24) is 9.55 Å². The highest BCUT2D eigenvalue weighted by Gasteiger charge is 2.21. The van der Waals surface area contributed by atoms with E-state index in [-0.39, 0.29) is 5.56 Å². The van der Waals surface area contributed by atoms with E-state index in [1.165, 1.54) is 28.6 Å². The summed E-state index contributed by atoms with van der Waals surface area (Å²) in [6.07, 6.45) is 5.23. The van der Waals surface area contributed by atoms with Crippen molar-refractivity contribution in [2.75, 3.05) is 5.75 Å². The van der Waals surface area contributed by atoms with Gasteiger partial charge in [-0.05, 0) is 24.8 Å². The fourth-order valence-corrected chi connectivity index (χ4v) is 4.46. The number of aryl methyl sites for hydroxylation is 3. The third kappa shape index (κ3) is 1.73. The lowest BCUT2D eigenvalue weighted by Gasteiger charge is -2.05. The summed E-state index contributed by atoms with van der Waals surface area (Å²) in [4.78, 5) is 19.2. The van der Waals surface area contributed by atoms with E-state index in [0.29, 0.717) is 5.03 Å². The standard InChI is InChI=1S/C13H14N2OS2/c1-3-7-17-12-13(16)15(2)10-8-5-4-6-9(8)18-11(10)14-12/h3H,1,4-7H2,2H3. The van der Waals surface area contributed by atoms with Crippen molar-refractivity contribution in [3.05, 3.63) is 33.4 Å². The average Bonchev–Trinajstić information content (AvgIpc) is 2.91. The van der Waals surface area contributed by atoms with Crippen LogP contribution < -0.4 is 5.56 Å². The van der Waals surface area contributed by atoms with E-state index in [9.17, 15) is 4.79 Å². The van der Waals surface area contributed by atoms with Gasteiger partial charge in [-0.2, -0.15) is 0 Å². The van der Waals surface area contributed by atoms with E-state index in [2.05, 4.69) is 11.6 Å². The van der Waals surface area contributed by atoms with E-state index >= 15 is 0 Å². The van der Waals surface area contributed by atoms with Gasteiger partial charge in [-0.1, -0.05) is 17.8 Å². The Labute approximate surface area is 114 Å². The van der Waals surface area contributed by atoms with Gasteiger partial charge in [-0.25, -0.2) is 4.98 Å². The van der Waals surface area contributed by atoms with E-state index < -0.39 is 0 Å². The zero-order chi connectivity index (χ0) is 12.7. The van der Waals surface area contributed by atoms with Crippen molar-refractivity contribution in [1.29, 1.82) is 0 Å². The van der Waals surface area contributed by atoms with Gasteiger partial charge in [0.1, 0.15) is 4.83 Å². The van der Waals surface area contributed by atoms with Crippen molar-refractivity contribution in [2.45, 2.75) is 24.3 Å². The largest absolute Gasteiger partial charge is 0.307 e. The zero-order valence-electron chi connectivity index (χ0n) is 10.2. The van der Waals surface area contributed by atoms with Crippen LogP contribution in [0.5, 0.6) is 0 Å². The highest BCUT2D eigenvalue weighted by molar-refractivity contribution is 7.99. The summed E-state index contributed by atoms with van der Waals surface area (Å²) in [7, 11) is 1.86. The molecule has 0 fully saturated rings. The molecule has 2 aromatic heterocycles. The van der Waals surface area contributed by atoms with E-state index in [0.717, 1.165) is 28.9 Å². The molecule has 2 heterocycles. The Hall–Kier alpha value is -1.07. The second-order valence-corrected chi connectivity index (χ2v) is 6.48. The zero-order valence-corrected chi connectivity index (χ0v) is 11.9. The Balaban J connectivity index is 2.23. The number of rotatable bonds is 3. The maximum atomic E-state index is 12.2. The summed E-state index contributed by atoms with van der Waals surface area (Å²) in [5.74, 6) is 0.721. The molecule has 0 aliphatic heterocycles. The Morgan fingerprint density at radius 2 is 2.39 bits per heavy atom. The molecule has 0 unspecified atom stereocenters. The molecule has 0 saturated carbocycles. The summed E-state index contributed by atoms with van der Waals surface area (Å²) in [5.41, 5.74) is 2.42. The second-order valence-electron chi connectivity index (χ2n) is 4.39. The van der Waals surface area contributed by atoms with Gasteiger partial charge in [0.05, 0.1) is 5.52 Å². The van der Waals surface area contributed by atoms with Crippen LogP contribution in [0.25, 0.3) is 10.3 Å². The molecule has 0 N–H and O–H groups in total. The minimum Gasteiger partial charge on any atom is -0.307 e. The van der Waals surface area contributed by atoms with E-state index in [4.69, 9.17) is 0 Å². The Morgan fingerprint density at radius 3 is 3.17 bits per heavy atom. The molecular weight excluding hydrogens is 264 g/mol. The number of hydrogen-bond acceptors (Lipinski definition) is 4. The van der Waals surface area contributed by atoms with Crippen molar-refractivity contribution >= 4 is 33.4 Å². The Kier molecular flexibility index (Phi) is 3.03. The van der Waals surface area contributed by atoms with E-state index in [1.54, 1.807) is 22.0 Å². The molecule has 1 aliphatic carbocycles. The minimum atomic E-state index is 0.0156. The van der Waals surface area contributed by atoms with Crippen LogP contribution in [-0.4, -0.2) is 15.3 Å². The minimum absolute atomic E-state index is 0.0156. The third-order valence-electron chi connectivity index (χ3n) is 3.24. The van der Waals surface area contributed by atoms with Gasteiger partial charge in [-0.3, -0.25) is 4.79 Å². The van der Waals surface area contributed by atoms with Crippen LogP contribution >= 0.6 is 23.1 Å². The maximum absolute atomic E-state index is 12.2. The van der Waals surface area contributed by atoms with E-state index in [1.807, 2.05) is 7.05 Å². The normalized spacial score (nSPS) is 14.1. The van der Waals surface area contributed by atoms with Crippen molar-refractivity contribution < 1.29 is 0 Å². The molecule has 18 heavy (non-hydrogen) atoms. The molecule has 0 saturated heterocycles. The summed E-state index contributed by atoms with van der Waals surface area (Å²) in [6, 6.07) is 0. The highest BCUT2D eigenvalue weighted by Crippen LogP contribution is 2.36. The van der Waals surface area contributed by atoms with Crippen molar-refractivity contribution in [2.24, 2.45) is 7.05 Å². The van der Waals surface area contributed by atoms with Crippen LogP contribution in [-0.2, 0) is 19.9 Å². The first-order valence-electron chi connectivity index (χ1n) is 5.97. The molecule has 0 aromatic carbocycles. The summed E-state index contributed by atoms with van der Waals surface area (Å²) in [6.45, 7) is 3.68. The summed E-state index contributed by atoms with van der Waals surface area (Å²) < 4.78 is 1.77. The van der Waals surface area contributed by atoms with Crippen LogP contribution in [0.2, 0.25) is 0 Å². The first kappa shape index (κ1) is 12.0. The van der Waals surface area contributed by atoms with Gasteiger partial charge in [0.2, 0.25) is 0 Å². The second kappa shape index (κ2) is 4.55. The van der Waals surface area contributed by atoms with Gasteiger partial charge in [0.15, 0.2) is 5.03 Å². The number of thioether (sulfide) groups is 1. The summed E-state index contributed by atoms with van der Waals surface area (Å²) >= 11 is 3.21. The molecule has 3 nitrogen and oxygen atoms in total. The number of thiophene rings is 1. The molecule has 94 valence electrons. The maximum Gasteiger partial charge on any atom is 0.283 e. The van der Waals surface area contributed by atoms with Crippen LogP contribution in [0.3, 0.4) is 0 Å². The molecule has 0 radical (unpaired) electrons. The van der Waals surface area contributed by atoms with Crippen LogP contribution in [0.15, 0.2) is 22.5 Å². The predicted molar refractivity (Wildman–Crippen MR) is 77.8 cm³/mol. The quantitative estimate of drug-likeness (QED) is 0.639. The lowest BCUT2D eigenvalue weighted by molar-refractivity contribution is 0.837. The predicted octanol–water partition coefficient (Wildman–Crippen LogP) is 2.76. The highest BCUT2D eigenvalue weighted by atomic mass is 32.2. The molecule has 0 amide bonds. The lowest BCUT2D eigenvalue weighted by Crippen LogP contribution is -2.20. The Morgan fingerprint density at radius 1 is 1.56 bits per heavy atom. The molecule has 0 spiro atoms. The third-order valence-corrected chi connectivity index (χ3v) is 5.36. The fourth-order valence-electron chi connectivity index (χ4n) is 2.41. The van der Waals surface area contributed by atoms with Crippen molar-refractivity contribution in [3.8, 4) is 0 Å². The summed E-state index contributed by atoms with van der Waals surface area (Å²) in [5, 5.41) is 0.588. The topological polar surface area (TPSA) is 34.9 Å². The molecular formula is C13H14N2OS2. The molecule has 0 bridgehead atoms. The lowest BCUT2D eigenvalue weighted by atomic mass is 10.2. The number of nitrogens with zero attached hydrogens (tertiary/aromatic N) is 2. The fraction of sp³-hybridized carbons (Fsp3) is 0.385. The Bertz CT molecular complexity index is 684. The van der Waals surface area contributed by atoms with Crippen LogP contribution in [0, 0.1) is 0 Å². The van der Waals surface area contributed by atoms with Gasteiger partial charge >= 0.3 is 0 Å². The van der Waals surface area contributed by atoms with Crippen LogP contribution in [0.1, 0.15) is 16.9 Å². The van der Waals surface area contributed by atoms with Gasteiger partial charge in [0, 0.05) is 17.7 Å². The monoisotopic (exact) mass is 278 g/mol. The SMILES string of the molecule is C=CCSc1nc2sc3c(c2n(C)c1=O)CCC3. The molecule has 2 aromatic rings. The number of fused-ring (bicyclic) bond motifs is 3. The van der Waals surface area contributed by atoms with Gasteiger partial charge < -0.3 is 4.57 Å². The molecule has 3 rings (SSSR count). The molecule has 0 atom stereocenters.